The first kappa shape index (κ1) is 14.5. The van der Waals surface area contributed by atoms with Crippen LogP contribution in [0.15, 0.2) is 24.3 Å². The molecule has 1 aromatic rings. The van der Waals surface area contributed by atoms with Crippen molar-refractivity contribution in [2.75, 3.05) is 0 Å². The van der Waals surface area contributed by atoms with E-state index < -0.39 is 12.0 Å². The Bertz CT molecular complexity index is 484. The lowest BCUT2D eigenvalue weighted by molar-refractivity contribution is -0.128. The number of aliphatic hydroxyl groups excluding tert-OH is 1. The summed E-state index contributed by atoms with van der Waals surface area (Å²) in [6.45, 7) is 2.04. The molecule has 5 nitrogen and oxygen atoms in total. The molecule has 0 aromatic heterocycles. The Morgan fingerprint density at radius 3 is 2.45 bits per heavy atom. The molecule has 2 atom stereocenters. The number of benzene rings is 1. The highest BCUT2D eigenvalue weighted by Crippen LogP contribution is 2.25. The molecule has 0 bridgehead atoms. The minimum absolute atomic E-state index is 0.325. The third-order valence-electron chi connectivity index (χ3n) is 3.74. The quantitative estimate of drug-likeness (QED) is 0.725. The molecule has 1 fully saturated rings. The van der Waals surface area contributed by atoms with Crippen molar-refractivity contribution in [1.82, 2.24) is 10.9 Å². The lowest BCUT2D eigenvalue weighted by atomic mass is 10.1. The summed E-state index contributed by atoms with van der Waals surface area (Å²) < 4.78 is 0. The van der Waals surface area contributed by atoms with Crippen LogP contribution in [0.1, 0.15) is 42.1 Å². The maximum atomic E-state index is 11.9. The molecule has 1 aliphatic rings. The molecule has 108 valence electrons. The number of nitrogens with one attached hydrogen (secondary N) is 2. The zero-order valence-electron chi connectivity index (χ0n) is 11.6. The van der Waals surface area contributed by atoms with Crippen LogP contribution in [0.2, 0.25) is 0 Å². The zero-order chi connectivity index (χ0) is 14.5. The monoisotopic (exact) mass is 276 g/mol. The molecule has 1 aromatic carbocycles. The Morgan fingerprint density at radius 1 is 1.20 bits per heavy atom. The lowest BCUT2D eigenvalue weighted by Gasteiger charge is -2.14. The first-order valence-corrected chi connectivity index (χ1v) is 6.99. The van der Waals surface area contributed by atoms with Crippen molar-refractivity contribution in [3.05, 3.63) is 35.4 Å². The van der Waals surface area contributed by atoms with Crippen LogP contribution in [0.3, 0.4) is 0 Å². The Labute approximate surface area is 118 Å². The van der Waals surface area contributed by atoms with Crippen LogP contribution in [0, 0.1) is 5.92 Å². The molecule has 0 spiro atoms. The van der Waals surface area contributed by atoms with Gasteiger partial charge in [-0.15, -0.1) is 0 Å². The molecule has 1 aliphatic carbocycles. The number of amides is 2. The molecule has 0 heterocycles. The number of hydrogen-bond acceptors (Lipinski definition) is 3. The number of carbonyl (C=O) groups is 2. The Morgan fingerprint density at radius 2 is 1.90 bits per heavy atom. The first-order valence-electron chi connectivity index (χ1n) is 6.99. The fourth-order valence-corrected chi connectivity index (χ4v) is 2.42. The molecule has 0 radical (unpaired) electrons. The van der Waals surface area contributed by atoms with E-state index in [1.54, 1.807) is 12.1 Å². The summed E-state index contributed by atoms with van der Waals surface area (Å²) in [6.07, 6.45) is 2.46. The summed E-state index contributed by atoms with van der Waals surface area (Å²) in [4.78, 5) is 23.7. The predicted molar refractivity (Wildman–Crippen MR) is 74.8 cm³/mol. The van der Waals surface area contributed by atoms with Gasteiger partial charge in [0, 0.05) is 5.56 Å². The maximum Gasteiger partial charge on any atom is 0.269 e. The number of rotatable bonds is 3. The Kier molecular flexibility index (Phi) is 4.74. The van der Waals surface area contributed by atoms with Gasteiger partial charge in [-0.25, -0.2) is 0 Å². The van der Waals surface area contributed by atoms with E-state index in [-0.39, 0.29) is 11.8 Å². The predicted octanol–water partition coefficient (Wildman–Crippen LogP) is 1.17. The van der Waals surface area contributed by atoms with E-state index in [0.717, 1.165) is 18.4 Å². The van der Waals surface area contributed by atoms with E-state index in [0.29, 0.717) is 18.4 Å². The topological polar surface area (TPSA) is 78.4 Å². The van der Waals surface area contributed by atoms with Gasteiger partial charge < -0.3 is 5.11 Å². The molecule has 2 rings (SSSR count). The summed E-state index contributed by atoms with van der Waals surface area (Å²) in [7, 11) is 0. The summed E-state index contributed by atoms with van der Waals surface area (Å²) in [5, 5.41) is 9.63. The van der Waals surface area contributed by atoms with Gasteiger partial charge in [0.15, 0.2) is 0 Å². The van der Waals surface area contributed by atoms with Crippen molar-refractivity contribution in [2.24, 2.45) is 5.92 Å². The van der Waals surface area contributed by atoms with Gasteiger partial charge in [0.2, 0.25) is 5.91 Å². The molecule has 2 amide bonds. The van der Waals surface area contributed by atoms with Gasteiger partial charge in [-0.1, -0.05) is 19.1 Å². The normalized spacial score (nSPS) is 21.5. The molecule has 5 heteroatoms. The number of aliphatic hydroxyl groups is 1. The SMILES string of the molecule is CCc1ccc(C(=O)NNC(=O)C2CCCC2O)cc1. The van der Waals surface area contributed by atoms with Crippen LogP contribution in [0.5, 0.6) is 0 Å². The third-order valence-corrected chi connectivity index (χ3v) is 3.74. The van der Waals surface area contributed by atoms with Crippen molar-refractivity contribution < 1.29 is 14.7 Å². The molecule has 2 unspecified atom stereocenters. The van der Waals surface area contributed by atoms with Crippen LogP contribution >= 0.6 is 0 Å². The lowest BCUT2D eigenvalue weighted by Crippen LogP contribution is -2.46. The average molecular weight is 276 g/mol. The van der Waals surface area contributed by atoms with Gasteiger partial charge in [0.1, 0.15) is 0 Å². The van der Waals surface area contributed by atoms with Crippen LogP contribution in [-0.4, -0.2) is 23.0 Å². The summed E-state index contributed by atoms with van der Waals surface area (Å²) in [6, 6.07) is 7.23. The number of hydrazine groups is 1. The van der Waals surface area contributed by atoms with Gasteiger partial charge in [-0.3, -0.25) is 20.4 Å². The van der Waals surface area contributed by atoms with Gasteiger partial charge in [-0.2, -0.15) is 0 Å². The summed E-state index contributed by atoms with van der Waals surface area (Å²) in [5.41, 5.74) is 6.41. The minimum atomic E-state index is -0.601. The third kappa shape index (κ3) is 3.36. The molecular formula is C15H20N2O3. The highest BCUT2D eigenvalue weighted by Gasteiger charge is 2.31. The molecule has 1 saturated carbocycles. The second kappa shape index (κ2) is 6.52. The zero-order valence-corrected chi connectivity index (χ0v) is 11.6. The smallest absolute Gasteiger partial charge is 0.269 e. The van der Waals surface area contributed by atoms with Gasteiger partial charge in [0.25, 0.3) is 5.91 Å². The van der Waals surface area contributed by atoms with Crippen molar-refractivity contribution >= 4 is 11.8 Å². The van der Waals surface area contributed by atoms with E-state index in [2.05, 4.69) is 10.9 Å². The first-order chi connectivity index (χ1) is 9.61. The summed E-state index contributed by atoms with van der Waals surface area (Å²) in [5.74, 6) is -1.10. The number of aryl methyl sites for hydroxylation is 1. The van der Waals surface area contributed by atoms with Crippen LogP contribution in [0.4, 0.5) is 0 Å². The molecule has 0 saturated heterocycles. The van der Waals surface area contributed by atoms with Gasteiger partial charge in [-0.05, 0) is 43.4 Å². The fourth-order valence-electron chi connectivity index (χ4n) is 2.42. The Balaban J connectivity index is 1.86. The molecular weight excluding hydrogens is 256 g/mol. The largest absolute Gasteiger partial charge is 0.392 e. The van der Waals surface area contributed by atoms with E-state index in [1.165, 1.54) is 0 Å². The van der Waals surface area contributed by atoms with E-state index in [4.69, 9.17) is 0 Å². The summed E-state index contributed by atoms with van der Waals surface area (Å²) >= 11 is 0. The maximum absolute atomic E-state index is 11.9. The van der Waals surface area contributed by atoms with E-state index >= 15 is 0 Å². The van der Waals surface area contributed by atoms with Crippen LogP contribution < -0.4 is 10.9 Å². The van der Waals surface area contributed by atoms with E-state index in [1.807, 2.05) is 19.1 Å². The fraction of sp³-hybridized carbons (Fsp3) is 0.467. The second-order valence-corrected chi connectivity index (χ2v) is 5.10. The van der Waals surface area contributed by atoms with Gasteiger partial charge in [0.05, 0.1) is 12.0 Å². The highest BCUT2D eigenvalue weighted by molar-refractivity contribution is 5.95. The molecule has 0 aliphatic heterocycles. The van der Waals surface area contributed by atoms with Crippen LogP contribution in [-0.2, 0) is 11.2 Å². The van der Waals surface area contributed by atoms with Crippen molar-refractivity contribution in [1.29, 1.82) is 0 Å². The highest BCUT2D eigenvalue weighted by atomic mass is 16.3. The van der Waals surface area contributed by atoms with Crippen LogP contribution in [0.25, 0.3) is 0 Å². The van der Waals surface area contributed by atoms with Crippen molar-refractivity contribution in [3.8, 4) is 0 Å². The minimum Gasteiger partial charge on any atom is -0.392 e. The van der Waals surface area contributed by atoms with Crippen molar-refractivity contribution in [2.45, 2.75) is 38.7 Å². The number of carbonyl (C=O) groups excluding carboxylic acids is 2. The second-order valence-electron chi connectivity index (χ2n) is 5.10. The van der Waals surface area contributed by atoms with Crippen molar-refractivity contribution in [3.63, 3.8) is 0 Å². The van der Waals surface area contributed by atoms with Gasteiger partial charge >= 0.3 is 0 Å². The molecule has 3 N–H and O–H groups in total. The standard InChI is InChI=1S/C15H20N2O3/c1-2-10-6-8-11(9-7-10)14(19)16-17-15(20)12-4-3-5-13(12)18/h6-9,12-13,18H,2-5H2,1H3,(H,16,19)(H,17,20). The Hall–Kier alpha value is -1.88. The molecule has 20 heavy (non-hydrogen) atoms. The number of hydrogen-bond donors (Lipinski definition) is 3. The van der Waals surface area contributed by atoms with E-state index in [9.17, 15) is 14.7 Å². The average Bonchev–Trinajstić information content (AvgIpc) is 2.90.